The van der Waals surface area contributed by atoms with Crippen LogP contribution in [0.15, 0.2) is 219 Å². The van der Waals surface area contributed by atoms with Gasteiger partial charge >= 0.3 is 0 Å². The maximum absolute atomic E-state index is 3.46. The monoisotopic (exact) mass is 760 g/mol. The summed E-state index contributed by atoms with van der Waals surface area (Å²) in [6.45, 7) is 17.8. The first-order valence-corrected chi connectivity index (χ1v) is 20.5. The Hall–Kier alpha value is -6.64. The van der Waals surface area contributed by atoms with Gasteiger partial charge in [0.2, 0.25) is 0 Å². The van der Waals surface area contributed by atoms with Gasteiger partial charge in [0.1, 0.15) is 0 Å². The fraction of sp³-hybridized carbons (Fsp3) is 0.143. The Morgan fingerprint density at radius 1 is 0.431 bits per heavy atom. The van der Waals surface area contributed by atoms with Crippen molar-refractivity contribution >= 4 is 34.1 Å². The van der Waals surface area contributed by atoms with E-state index in [9.17, 15) is 0 Å². The molecule has 7 aromatic carbocycles. The molecule has 0 N–H and O–H groups in total. The molecule has 0 spiro atoms. The average Bonchev–Trinajstić information content (AvgIpc) is 3.28. The molecule has 0 fully saturated rings. The van der Waals surface area contributed by atoms with E-state index in [2.05, 4.69) is 231 Å². The molecule has 0 unspecified atom stereocenters. The summed E-state index contributed by atoms with van der Waals surface area (Å²) >= 11 is 0. The Balaban J connectivity index is 0.000000549. The zero-order chi connectivity index (χ0) is 41.5. The van der Waals surface area contributed by atoms with E-state index in [0.29, 0.717) is 0 Å². The van der Waals surface area contributed by atoms with E-state index in [1.54, 1.807) is 6.08 Å². The van der Waals surface area contributed by atoms with Crippen molar-refractivity contribution in [1.29, 1.82) is 0 Å². The van der Waals surface area contributed by atoms with Crippen molar-refractivity contribution in [3.8, 4) is 22.3 Å². The lowest BCUT2D eigenvalue weighted by Gasteiger charge is -2.27. The molecule has 0 heterocycles. The third kappa shape index (κ3) is 12.4. The fourth-order valence-corrected chi connectivity index (χ4v) is 6.42. The third-order valence-electron chi connectivity index (χ3n) is 9.17. The summed E-state index contributed by atoms with van der Waals surface area (Å²) in [6.07, 6.45) is 10.9. The van der Waals surface area contributed by atoms with Gasteiger partial charge in [-0.05, 0) is 129 Å². The topological polar surface area (TPSA) is 6.48 Å². The minimum Gasteiger partial charge on any atom is -0.310 e. The zero-order valence-corrected chi connectivity index (χ0v) is 35.5. The zero-order valence-electron chi connectivity index (χ0n) is 35.5. The minimum absolute atomic E-state index is 1.12. The predicted molar refractivity (Wildman–Crippen MR) is 258 cm³/mol. The van der Waals surface area contributed by atoms with Gasteiger partial charge in [0.05, 0.1) is 0 Å². The molecule has 0 aliphatic heterocycles. The van der Waals surface area contributed by atoms with Crippen LogP contribution in [0.1, 0.15) is 52.2 Å². The summed E-state index contributed by atoms with van der Waals surface area (Å²) in [5.74, 6) is 0. The highest BCUT2D eigenvalue weighted by Crippen LogP contribution is 2.41. The Bertz CT molecular complexity index is 2130. The van der Waals surface area contributed by atoms with Crippen molar-refractivity contribution in [1.82, 2.24) is 0 Å². The van der Waals surface area contributed by atoms with Gasteiger partial charge in [-0.2, -0.15) is 0 Å². The van der Waals surface area contributed by atoms with Crippen molar-refractivity contribution in [2.75, 3.05) is 9.80 Å². The molecule has 0 aliphatic carbocycles. The molecule has 0 atom stereocenters. The third-order valence-corrected chi connectivity index (χ3v) is 9.17. The van der Waals surface area contributed by atoms with E-state index in [-0.39, 0.29) is 0 Å². The molecule has 7 rings (SSSR count). The standard InChI is InChI=1S/C44H36N2.C5H10.C5H8.C2H6/c1-33-23-27-39(28-24-33)45(37-15-5-3-6-16-37)41-19-11-13-35(31-41)43-21-9-10-22-44(43)36-14-12-20-42(32-36)46(38-17-7-4-8-18-38)40-29-25-34(2)26-30-40;2*1-3-5-4-2;1-2/h3-32H,1-2H3;3,5H,4H2,1-2H3;3-5H,1H2,2H3;1-2H3/b;5-3-;5-4+;. The van der Waals surface area contributed by atoms with Crippen LogP contribution in [0.25, 0.3) is 22.3 Å². The van der Waals surface area contributed by atoms with Crippen LogP contribution in [0.3, 0.4) is 0 Å². The number of aryl methyl sites for hydroxylation is 2. The quantitative estimate of drug-likeness (QED) is 0.101. The van der Waals surface area contributed by atoms with Gasteiger partial charge in [0.15, 0.2) is 0 Å². The SMILES string of the molecule is C/C=C\CC.C=C/C=C/C.CC.Cc1ccc(N(c2ccccc2)c2cccc(-c3ccccc3-c3cccc(N(c4ccccc4)c4ccc(C)cc4)c3)c2)cc1. The highest BCUT2D eigenvalue weighted by atomic mass is 15.1. The lowest BCUT2D eigenvalue weighted by Crippen LogP contribution is -2.10. The van der Waals surface area contributed by atoms with Crippen LogP contribution in [0.4, 0.5) is 34.1 Å². The summed E-state index contributed by atoms with van der Waals surface area (Å²) < 4.78 is 0. The van der Waals surface area contributed by atoms with Crippen LogP contribution < -0.4 is 9.80 Å². The highest BCUT2D eigenvalue weighted by molar-refractivity contribution is 5.88. The molecule has 0 aliphatic rings. The molecule has 0 saturated heterocycles. The van der Waals surface area contributed by atoms with Crippen molar-refractivity contribution in [3.05, 3.63) is 230 Å². The molecule has 0 radical (unpaired) electrons. The summed E-state index contributed by atoms with van der Waals surface area (Å²) in [7, 11) is 0. The van der Waals surface area contributed by atoms with Gasteiger partial charge in [-0.15, -0.1) is 0 Å². The minimum atomic E-state index is 1.12. The van der Waals surface area contributed by atoms with Gasteiger partial charge < -0.3 is 9.80 Å². The smallest absolute Gasteiger partial charge is 0.0467 e. The lowest BCUT2D eigenvalue weighted by atomic mass is 9.93. The van der Waals surface area contributed by atoms with Crippen molar-refractivity contribution in [2.24, 2.45) is 0 Å². The van der Waals surface area contributed by atoms with Gasteiger partial charge in [-0.3, -0.25) is 0 Å². The summed E-state index contributed by atoms with van der Waals surface area (Å²) in [5, 5.41) is 0. The maximum atomic E-state index is 3.46. The molecule has 0 aromatic heterocycles. The van der Waals surface area contributed by atoms with E-state index in [1.165, 1.54) is 33.4 Å². The molecular weight excluding hydrogens is 701 g/mol. The summed E-state index contributed by atoms with van der Waals surface area (Å²) in [4.78, 5) is 4.65. The molecule has 2 nitrogen and oxygen atoms in total. The van der Waals surface area contributed by atoms with Crippen molar-refractivity contribution < 1.29 is 0 Å². The van der Waals surface area contributed by atoms with Crippen LogP contribution >= 0.6 is 0 Å². The Kier molecular flexibility index (Phi) is 18.3. The number of benzene rings is 7. The van der Waals surface area contributed by atoms with Gasteiger partial charge in [-0.1, -0.05) is 178 Å². The van der Waals surface area contributed by atoms with E-state index in [4.69, 9.17) is 0 Å². The number of rotatable bonds is 10. The molecule has 0 amide bonds. The second-order valence-electron chi connectivity index (χ2n) is 13.4. The Morgan fingerprint density at radius 3 is 1.10 bits per heavy atom. The van der Waals surface area contributed by atoms with E-state index < -0.39 is 0 Å². The summed E-state index contributed by atoms with van der Waals surface area (Å²) in [6, 6.07) is 65.1. The first-order valence-electron chi connectivity index (χ1n) is 20.5. The van der Waals surface area contributed by atoms with E-state index >= 15 is 0 Å². The van der Waals surface area contributed by atoms with Crippen LogP contribution in [0.5, 0.6) is 0 Å². The maximum Gasteiger partial charge on any atom is 0.0467 e. The van der Waals surface area contributed by atoms with E-state index in [1.807, 2.05) is 39.8 Å². The predicted octanol–water partition coefficient (Wildman–Crippen LogP) is 17.3. The number of nitrogens with zero attached hydrogens (tertiary/aromatic N) is 2. The number of hydrogen-bond donors (Lipinski definition) is 0. The van der Waals surface area contributed by atoms with Crippen molar-refractivity contribution in [2.45, 2.75) is 54.9 Å². The molecule has 0 saturated carbocycles. The first-order chi connectivity index (χ1) is 28.5. The molecule has 7 aromatic rings. The Morgan fingerprint density at radius 2 is 0.793 bits per heavy atom. The number of allylic oxidation sites excluding steroid dienone is 5. The van der Waals surface area contributed by atoms with Gasteiger partial charge in [0, 0.05) is 34.1 Å². The number of hydrogen-bond acceptors (Lipinski definition) is 2. The fourth-order valence-electron chi connectivity index (χ4n) is 6.42. The van der Waals surface area contributed by atoms with Crippen LogP contribution in [-0.4, -0.2) is 0 Å². The summed E-state index contributed by atoms with van der Waals surface area (Å²) in [5.41, 5.74) is 14.0. The highest BCUT2D eigenvalue weighted by Gasteiger charge is 2.16. The molecule has 2 heteroatoms. The largest absolute Gasteiger partial charge is 0.310 e. The molecule has 294 valence electrons. The van der Waals surface area contributed by atoms with Crippen LogP contribution in [-0.2, 0) is 0 Å². The molecular formula is C56H60N2. The van der Waals surface area contributed by atoms with Crippen molar-refractivity contribution in [3.63, 3.8) is 0 Å². The average molecular weight is 761 g/mol. The Labute approximate surface area is 349 Å². The van der Waals surface area contributed by atoms with Crippen LogP contribution in [0, 0.1) is 13.8 Å². The number of para-hydroxylation sites is 2. The van der Waals surface area contributed by atoms with E-state index in [0.717, 1.165) is 40.5 Å². The van der Waals surface area contributed by atoms with Gasteiger partial charge in [0.25, 0.3) is 0 Å². The lowest BCUT2D eigenvalue weighted by molar-refractivity contribution is 1.22. The second kappa shape index (κ2) is 24.1. The normalized spacial score (nSPS) is 10.3. The van der Waals surface area contributed by atoms with Crippen LogP contribution in [0.2, 0.25) is 0 Å². The first kappa shape index (κ1) is 44.1. The van der Waals surface area contributed by atoms with Gasteiger partial charge in [-0.25, -0.2) is 0 Å². The second-order valence-corrected chi connectivity index (χ2v) is 13.4. The molecule has 0 bridgehead atoms. The number of anilines is 6. The molecule has 58 heavy (non-hydrogen) atoms.